The van der Waals surface area contributed by atoms with Gasteiger partial charge in [-0.25, -0.2) is 4.98 Å². The van der Waals surface area contributed by atoms with Crippen LogP contribution in [0.2, 0.25) is 0 Å². The van der Waals surface area contributed by atoms with Crippen LogP contribution in [0.1, 0.15) is 25.1 Å². The zero-order valence-electron chi connectivity index (χ0n) is 9.02. The highest BCUT2D eigenvalue weighted by atomic mass is 16.5. The summed E-state index contributed by atoms with van der Waals surface area (Å²) in [5.74, 6) is 1.10. The van der Waals surface area contributed by atoms with E-state index in [0.29, 0.717) is 18.2 Å². The van der Waals surface area contributed by atoms with Crippen LogP contribution in [-0.2, 0) is 18.3 Å². The number of hydrogen-bond acceptors (Lipinski definition) is 3. The number of imidazole rings is 1. The molecule has 0 aromatic carbocycles. The zero-order valence-corrected chi connectivity index (χ0v) is 9.02. The highest BCUT2D eigenvalue weighted by Gasteiger charge is 2.40. The summed E-state index contributed by atoms with van der Waals surface area (Å²) in [7, 11) is 2.03. The Hall–Kier alpha value is -0.870. The first kappa shape index (κ1) is 9.36. The number of rotatable bonds is 3. The van der Waals surface area contributed by atoms with Gasteiger partial charge >= 0.3 is 0 Å². The topological polar surface area (TPSA) is 39.1 Å². The molecule has 1 aromatic rings. The van der Waals surface area contributed by atoms with Crippen LogP contribution in [0, 0.1) is 0 Å². The van der Waals surface area contributed by atoms with E-state index in [9.17, 15) is 0 Å². The Kier molecular flexibility index (Phi) is 2.25. The number of ether oxygens (including phenoxy) is 1. The van der Waals surface area contributed by atoms with Crippen molar-refractivity contribution in [3.8, 4) is 0 Å². The van der Waals surface area contributed by atoms with Crippen molar-refractivity contribution in [1.82, 2.24) is 14.9 Å². The fourth-order valence-electron chi connectivity index (χ4n) is 2.64. The number of aromatic nitrogens is 2. The molecule has 4 nitrogen and oxygen atoms in total. The number of aryl methyl sites for hydroxylation is 1. The molecule has 0 aliphatic carbocycles. The van der Waals surface area contributed by atoms with Gasteiger partial charge in [0, 0.05) is 25.5 Å². The minimum absolute atomic E-state index is 0.454. The Morgan fingerprint density at radius 1 is 1.60 bits per heavy atom. The van der Waals surface area contributed by atoms with Gasteiger partial charge in [0.25, 0.3) is 0 Å². The van der Waals surface area contributed by atoms with Crippen LogP contribution in [0.4, 0.5) is 0 Å². The fourth-order valence-corrected chi connectivity index (χ4v) is 2.64. The fraction of sp³-hybridized carbons (Fsp3) is 0.727. The average Bonchev–Trinajstić information content (AvgIpc) is 2.90. The van der Waals surface area contributed by atoms with Gasteiger partial charge < -0.3 is 14.6 Å². The number of hydrogen-bond donors (Lipinski definition) is 1. The Balaban J connectivity index is 1.57. The number of fused-ring (bicyclic) bond motifs is 2. The van der Waals surface area contributed by atoms with E-state index in [1.54, 1.807) is 0 Å². The highest BCUT2D eigenvalue weighted by Crippen LogP contribution is 2.34. The zero-order chi connectivity index (χ0) is 10.3. The molecule has 2 fully saturated rings. The summed E-state index contributed by atoms with van der Waals surface area (Å²) in [4.78, 5) is 4.30. The second-order valence-electron chi connectivity index (χ2n) is 4.55. The normalized spacial score (nSPS) is 33.8. The Bertz CT molecular complexity index is 349. The first-order valence-electron chi connectivity index (χ1n) is 5.68. The molecule has 2 saturated heterocycles. The third-order valence-electron chi connectivity index (χ3n) is 3.55. The maximum Gasteiger partial charge on any atom is 0.122 e. The van der Waals surface area contributed by atoms with Gasteiger partial charge in [-0.2, -0.15) is 0 Å². The smallest absolute Gasteiger partial charge is 0.122 e. The Morgan fingerprint density at radius 3 is 3.13 bits per heavy atom. The minimum Gasteiger partial charge on any atom is -0.373 e. The van der Waals surface area contributed by atoms with E-state index < -0.39 is 0 Å². The van der Waals surface area contributed by atoms with Crippen molar-refractivity contribution in [1.29, 1.82) is 0 Å². The van der Waals surface area contributed by atoms with E-state index in [1.807, 2.05) is 19.4 Å². The largest absolute Gasteiger partial charge is 0.373 e. The second-order valence-corrected chi connectivity index (χ2v) is 4.55. The molecule has 3 rings (SSSR count). The SMILES string of the molecule is Cn1ccnc1CNC1CC2CCC1O2. The molecule has 0 saturated carbocycles. The standard InChI is InChI=1S/C11H17N3O/c1-14-5-4-12-11(14)7-13-9-6-8-2-3-10(9)15-8/h4-5,8-10,13H,2-3,6-7H2,1H3. The quantitative estimate of drug-likeness (QED) is 0.798. The molecular formula is C11H17N3O. The van der Waals surface area contributed by atoms with Crippen molar-refractivity contribution in [2.75, 3.05) is 0 Å². The van der Waals surface area contributed by atoms with E-state index in [2.05, 4.69) is 14.9 Å². The Labute approximate surface area is 89.6 Å². The first-order chi connectivity index (χ1) is 7.33. The van der Waals surface area contributed by atoms with Crippen LogP contribution in [0.25, 0.3) is 0 Å². The second kappa shape index (κ2) is 3.61. The highest BCUT2D eigenvalue weighted by molar-refractivity contribution is 4.96. The number of nitrogens with one attached hydrogen (secondary N) is 1. The molecule has 2 bridgehead atoms. The van der Waals surface area contributed by atoms with Gasteiger partial charge in [-0.1, -0.05) is 0 Å². The summed E-state index contributed by atoms with van der Waals surface area (Å²) in [6.45, 7) is 0.848. The van der Waals surface area contributed by atoms with Crippen molar-refractivity contribution >= 4 is 0 Å². The van der Waals surface area contributed by atoms with Crippen LogP contribution in [0.3, 0.4) is 0 Å². The summed E-state index contributed by atoms with van der Waals surface area (Å²) >= 11 is 0. The Morgan fingerprint density at radius 2 is 2.53 bits per heavy atom. The first-order valence-corrected chi connectivity index (χ1v) is 5.68. The van der Waals surface area contributed by atoms with Gasteiger partial charge in [0.05, 0.1) is 18.8 Å². The molecule has 1 aromatic heterocycles. The molecule has 3 atom stereocenters. The van der Waals surface area contributed by atoms with Crippen molar-refractivity contribution in [3.05, 3.63) is 18.2 Å². The predicted octanol–water partition coefficient (Wildman–Crippen LogP) is 0.830. The van der Waals surface area contributed by atoms with E-state index in [4.69, 9.17) is 4.74 Å². The third kappa shape index (κ3) is 1.68. The van der Waals surface area contributed by atoms with E-state index >= 15 is 0 Å². The summed E-state index contributed by atoms with van der Waals surface area (Å²) in [6, 6.07) is 0.542. The van der Waals surface area contributed by atoms with Gasteiger partial charge in [0.1, 0.15) is 5.82 Å². The van der Waals surface area contributed by atoms with E-state index in [1.165, 1.54) is 19.3 Å². The van der Waals surface area contributed by atoms with Crippen molar-refractivity contribution in [2.45, 2.75) is 44.1 Å². The predicted molar refractivity (Wildman–Crippen MR) is 56.3 cm³/mol. The van der Waals surface area contributed by atoms with Gasteiger partial charge in [-0.3, -0.25) is 0 Å². The van der Waals surface area contributed by atoms with Crippen LogP contribution in [-0.4, -0.2) is 27.8 Å². The van der Waals surface area contributed by atoms with E-state index in [-0.39, 0.29) is 0 Å². The lowest BCUT2D eigenvalue weighted by molar-refractivity contribution is 0.0972. The molecule has 0 amide bonds. The minimum atomic E-state index is 0.454. The van der Waals surface area contributed by atoms with Gasteiger partial charge in [0.15, 0.2) is 0 Å². The van der Waals surface area contributed by atoms with E-state index in [0.717, 1.165) is 12.4 Å². The molecule has 3 heterocycles. The summed E-state index contributed by atoms with van der Waals surface area (Å²) < 4.78 is 7.85. The molecule has 15 heavy (non-hydrogen) atoms. The molecule has 0 spiro atoms. The molecule has 3 unspecified atom stereocenters. The third-order valence-corrected chi connectivity index (χ3v) is 3.55. The summed E-state index contributed by atoms with van der Waals surface area (Å²) in [5, 5.41) is 3.55. The summed E-state index contributed by atoms with van der Waals surface area (Å²) in [6.07, 6.45) is 8.45. The van der Waals surface area contributed by atoms with Gasteiger partial charge in [-0.15, -0.1) is 0 Å². The van der Waals surface area contributed by atoms with Crippen LogP contribution in [0.15, 0.2) is 12.4 Å². The molecule has 82 valence electrons. The number of nitrogens with zero attached hydrogens (tertiary/aromatic N) is 2. The maximum absolute atomic E-state index is 5.80. The monoisotopic (exact) mass is 207 g/mol. The maximum atomic E-state index is 5.80. The summed E-state index contributed by atoms with van der Waals surface area (Å²) in [5.41, 5.74) is 0. The van der Waals surface area contributed by atoms with Crippen LogP contribution in [0.5, 0.6) is 0 Å². The molecule has 0 radical (unpaired) electrons. The van der Waals surface area contributed by atoms with Crippen molar-refractivity contribution in [2.24, 2.45) is 7.05 Å². The van der Waals surface area contributed by atoms with Crippen molar-refractivity contribution < 1.29 is 4.74 Å². The molecule has 2 aliphatic rings. The molecule has 1 N–H and O–H groups in total. The van der Waals surface area contributed by atoms with Crippen LogP contribution < -0.4 is 5.32 Å². The lowest BCUT2D eigenvalue weighted by atomic mass is 9.95. The van der Waals surface area contributed by atoms with Crippen molar-refractivity contribution in [3.63, 3.8) is 0 Å². The van der Waals surface area contributed by atoms with Crippen LogP contribution >= 0.6 is 0 Å². The lowest BCUT2D eigenvalue weighted by Crippen LogP contribution is -2.37. The molecule has 4 heteroatoms. The van der Waals surface area contributed by atoms with Gasteiger partial charge in [0.2, 0.25) is 0 Å². The molecular weight excluding hydrogens is 190 g/mol. The molecule has 2 aliphatic heterocycles. The van der Waals surface area contributed by atoms with Gasteiger partial charge in [-0.05, 0) is 19.3 Å². The lowest BCUT2D eigenvalue weighted by Gasteiger charge is -2.19. The average molecular weight is 207 g/mol.